The van der Waals surface area contributed by atoms with E-state index in [4.69, 9.17) is 0 Å². The number of aromatic nitrogens is 4. The molecule has 5 heterocycles. The Morgan fingerprint density at radius 1 is 0.319 bits per heavy atom. The van der Waals surface area contributed by atoms with Crippen LogP contribution in [0.4, 0.5) is 87.8 Å². The molecule has 0 spiro atoms. The molecule has 0 aliphatic carbocycles. The van der Waals surface area contributed by atoms with Crippen molar-refractivity contribution >= 4 is 46.4 Å². The number of nitrogens with one attached hydrogen (secondary N) is 1. The van der Waals surface area contributed by atoms with E-state index >= 15 is 70.2 Å². The van der Waals surface area contributed by atoms with Crippen LogP contribution in [-0.4, -0.2) is 19.5 Å². The van der Waals surface area contributed by atoms with Crippen molar-refractivity contribution in [2.75, 3.05) is 0 Å². The molecule has 0 radical (unpaired) electrons. The molecule has 2 aliphatic rings. The minimum Gasteiger partial charge on any atom is -0.355 e. The summed E-state index contributed by atoms with van der Waals surface area (Å²) in [5, 5.41) is 0. The average molecular weight is 1040 g/mol. The number of fused-ring (bicyclic) bond motifs is 8. The Kier molecular flexibility index (Phi) is 11.9. The van der Waals surface area contributed by atoms with Gasteiger partial charge in [-0.2, -0.15) is 0 Å². The number of benzene rings is 4. The van der Waals surface area contributed by atoms with Crippen LogP contribution in [0.25, 0.3) is 85.4 Å². The van der Waals surface area contributed by atoms with Crippen molar-refractivity contribution in [3.8, 4) is 39.1 Å². The summed E-state index contributed by atoms with van der Waals surface area (Å²) in [5.41, 5.74) is -24.1. The largest absolute Gasteiger partial charge is 0.355 e. The molecule has 0 unspecified atom stereocenters. The van der Waals surface area contributed by atoms with E-state index in [0.717, 1.165) is 24.3 Å². The first-order valence-corrected chi connectivity index (χ1v) is 18.3. The summed E-state index contributed by atoms with van der Waals surface area (Å²) in [5.74, 6) is -61.3. The molecule has 4 nitrogen and oxygen atoms in total. The standard InChI is InChI=1S/C44H10F20N4.Zn/c45-23-20(24(46)30(52)35(57)29(23)51)17-15-6-5-13(67-15)8-12-2-1-10(65-12)7-11-3-4-14(66-11)9-16-18(21-25(47)31(53)36(58)32(54)26(21)48)19(22-27(49)33(55)37(59)34(56)28(22)50)43(17)68(16)44-41(63)39(61)38(60)40(62)42(44)64;/h1-9,65H;. The van der Waals surface area contributed by atoms with Crippen LogP contribution in [0, 0.1) is 116 Å². The predicted octanol–water partition coefficient (Wildman–Crippen LogP) is 13.9. The van der Waals surface area contributed by atoms with Crippen LogP contribution in [0.5, 0.6) is 0 Å². The average Bonchev–Trinajstić information content (AvgIpc) is 4.14. The van der Waals surface area contributed by atoms with E-state index < -0.39 is 188 Å². The Labute approximate surface area is 380 Å². The maximum Gasteiger partial charge on any atom is 0.200 e. The summed E-state index contributed by atoms with van der Waals surface area (Å²) in [4.78, 5) is 10.8. The quantitative estimate of drug-likeness (QED) is 0.0826. The van der Waals surface area contributed by atoms with E-state index in [0.29, 0.717) is 6.08 Å². The topological polar surface area (TPSA) is 46.5 Å². The zero-order valence-electron chi connectivity index (χ0n) is 32.8. The molecular weight excluding hydrogens is 1030 g/mol. The van der Waals surface area contributed by atoms with Gasteiger partial charge in [-0.05, 0) is 54.6 Å². The smallest absolute Gasteiger partial charge is 0.200 e. The van der Waals surface area contributed by atoms with Gasteiger partial charge in [0, 0.05) is 47.2 Å². The van der Waals surface area contributed by atoms with Gasteiger partial charge in [0.2, 0.25) is 23.3 Å². The number of halogens is 20. The van der Waals surface area contributed by atoms with Gasteiger partial charge >= 0.3 is 0 Å². The SMILES string of the molecule is Fc1c(F)c(F)c(-c2c(-c3c(F)c(F)c(F)c(F)c3F)c3c(-c4c(F)c(F)c(F)c(F)c4F)c4nc(cc5ccc(cc6nc(cc2n3-c2c(F)c(F)c(F)c(F)c2F)C=C6)[nH]5)C=C4)c(F)c1F.[Zn]. The molecule has 69 heavy (non-hydrogen) atoms. The van der Waals surface area contributed by atoms with Crippen molar-refractivity contribution in [2.45, 2.75) is 0 Å². The van der Waals surface area contributed by atoms with Gasteiger partial charge < -0.3 is 9.55 Å². The summed E-state index contributed by atoms with van der Waals surface area (Å²) in [6.07, 6.45) is 3.17. The maximum absolute atomic E-state index is 16.5. The van der Waals surface area contributed by atoms with Crippen LogP contribution in [0.1, 0.15) is 22.8 Å². The molecule has 1 N–H and O–H groups in total. The number of H-pyrrole nitrogens is 1. The van der Waals surface area contributed by atoms with Crippen molar-refractivity contribution in [1.29, 1.82) is 0 Å². The van der Waals surface area contributed by atoms with Crippen molar-refractivity contribution < 1.29 is 107 Å². The second-order valence-electron chi connectivity index (χ2n) is 14.3. The molecular formula is C44H10F20N4Zn. The first-order chi connectivity index (χ1) is 32.1. The number of hydrogen-bond acceptors (Lipinski definition) is 2. The van der Waals surface area contributed by atoms with Crippen LogP contribution in [0.3, 0.4) is 0 Å². The summed E-state index contributed by atoms with van der Waals surface area (Å²) >= 11 is 0. The minimum atomic E-state index is -3.15. The number of hydrogen-bond donors (Lipinski definition) is 1. The van der Waals surface area contributed by atoms with Gasteiger partial charge in [0.1, 0.15) is 5.69 Å². The zero-order valence-corrected chi connectivity index (χ0v) is 35.8. The third kappa shape index (κ3) is 7.10. The first-order valence-electron chi connectivity index (χ1n) is 18.3. The molecule has 0 saturated carbocycles. The monoisotopic (exact) mass is 1040 g/mol. The third-order valence-electron chi connectivity index (χ3n) is 10.5. The van der Waals surface area contributed by atoms with Gasteiger partial charge in [0.15, 0.2) is 93.1 Å². The molecule has 4 aromatic carbocycles. The maximum atomic E-state index is 16.5. The Balaban J connectivity index is 0.00000642. The van der Waals surface area contributed by atoms with Crippen molar-refractivity contribution in [3.63, 3.8) is 0 Å². The molecule has 3 aromatic heterocycles. The fourth-order valence-corrected chi connectivity index (χ4v) is 7.53. The van der Waals surface area contributed by atoms with Crippen LogP contribution in [0.2, 0.25) is 0 Å². The number of nitrogens with zero attached hydrogens (tertiary/aromatic N) is 3. The number of aromatic amines is 1. The van der Waals surface area contributed by atoms with E-state index in [9.17, 15) is 17.6 Å². The first kappa shape index (κ1) is 48.2. The molecule has 348 valence electrons. The minimum absolute atomic E-state index is 0. The van der Waals surface area contributed by atoms with Gasteiger partial charge in [-0.15, -0.1) is 0 Å². The van der Waals surface area contributed by atoms with Crippen molar-refractivity contribution in [1.82, 2.24) is 19.5 Å². The Hall–Kier alpha value is -7.30. The van der Waals surface area contributed by atoms with Crippen molar-refractivity contribution in [2.24, 2.45) is 0 Å². The van der Waals surface area contributed by atoms with Gasteiger partial charge in [0.25, 0.3) is 0 Å². The van der Waals surface area contributed by atoms with E-state index in [1.54, 1.807) is 0 Å². The predicted molar refractivity (Wildman–Crippen MR) is 199 cm³/mol. The second kappa shape index (κ2) is 17.0. The molecule has 8 bridgehead atoms. The Morgan fingerprint density at radius 3 is 1.06 bits per heavy atom. The second-order valence-corrected chi connectivity index (χ2v) is 14.3. The van der Waals surface area contributed by atoms with Gasteiger partial charge in [0.05, 0.1) is 50.5 Å². The third-order valence-corrected chi connectivity index (χ3v) is 10.5. The fourth-order valence-electron chi connectivity index (χ4n) is 7.53. The summed E-state index contributed by atoms with van der Waals surface area (Å²) in [6, 6.07) is 5.15. The Bertz CT molecular complexity index is 3590. The number of rotatable bonds is 4. The molecule has 7 aromatic rings. The molecule has 9 rings (SSSR count). The van der Waals surface area contributed by atoms with Gasteiger partial charge in [-0.3, -0.25) is 0 Å². The summed E-state index contributed by atoms with van der Waals surface area (Å²) in [7, 11) is 0. The summed E-state index contributed by atoms with van der Waals surface area (Å²) in [6.45, 7) is 0. The Morgan fingerprint density at radius 2 is 0.638 bits per heavy atom. The normalized spacial score (nSPS) is 12.1. The van der Waals surface area contributed by atoms with Crippen LogP contribution < -0.4 is 0 Å². The van der Waals surface area contributed by atoms with Gasteiger partial charge in [-0.25, -0.2) is 97.8 Å². The van der Waals surface area contributed by atoms with E-state index in [2.05, 4.69) is 15.0 Å². The van der Waals surface area contributed by atoms with E-state index in [1.165, 1.54) is 18.2 Å². The van der Waals surface area contributed by atoms with E-state index in [1.807, 2.05) is 0 Å². The molecule has 0 fully saturated rings. The molecule has 0 saturated heterocycles. The molecule has 0 amide bonds. The van der Waals surface area contributed by atoms with E-state index in [-0.39, 0.29) is 42.3 Å². The van der Waals surface area contributed by atoms with Crippen molar-refractivity contribution in [3.05, 3.63) is 169 Å². The molecule has 0 atom stereocenters. The van der Waals surface area contributed by atoms with Crippen LogP contribution >= 0.6 is 0 Å². The van der Waals surface area contributed by atoms with Crippen LogP contribution in [0.15, 0.2) is 30.3 Å². The van der Waals surface area contributed by atoms with Gasteiger partial charge in [-0.1, -0.05) is 0 Å². The summed E-state index contributed by atoms with van der Waals surface area (Å²) < 4.78 is 313. The van der Waals surface area contributed by atoms with Crippen LogP contribution in [-0.2, 0) is 19.5 Å². The molecule has 2 aliphatic heterocycles. The zero-order chi connectivity index (χ0) is 49.3. The molecule has 25 heteroatoms. The fraction of sp³-hybridized carbons (Fsp3) is 0.